The second-order valence-corrected chi connectivity index (χ2v) is 35.9. The molecule has 0 bridgehead atoms. The number of methoxy groups -OCH3 is 1. The number of likely N-dealkylation sites (tertiary alicyclic amines) is 3. The van der Waals surface area contributed by atoms with Crippen molar-refractivity contribution < 1.29 is 53.4 Å². The summed E-state index contributed by atoms with van der Waals surface area (Å²) < 4.78 is 20.2. The number of nitrogens with one attached hydrogen (secondary N) is 4. The molecule has 0 saturated carbocycles. The predicted octanol–water partition coefficient (Wildman–Crippen LogP) is 12.5. The van der Waals surface area contributed by atoms with Crippen molar-refractivity contribution in [3.8, 4) is 6.07 Å². The van der Waals surface area contributed by atoms with E-state index in [1.807, 2.05) is 124 Å². The van der Waals surface area contributed by atoms with Crippen LogP contribution in [-0.4, -0.2) is 479 Å². The van der Waals surface area contributed by atoms with E-state index < -0.39 is 0 Å². The average molecular weight is 1930 g/mol. The topological polar surface area (TPSA) is 280 Å². The summed E-state index contributed by atoms with van der Waals surface area (Å²) in [5.74, 6) is 1.13. The van der Waals surface area contributed by atoms with Crippen molar-refractivity contribution in [2.45, 2.75) is 233 Å². The normalized spacial score (nSPS) is 15.4. The molecule has 8 rings (SSSR count). The van der Waals surface area contributed by atoms with E-state index in [9.17, 15) is 19.2 Å². The zero-order valence-electron chi connectivity index (χ0n) is 96.0. The van der Waals surface area contributed by atoms with Crippen molar-refractivity contribution in [3.63, 3.8) is 0 Å². The lowest BCUT2D eigenvalue weighted by Crippen LogP contribution is -2.39. The Morgan fingerprint density at radius 1 is 0.496 bits per heavy atom. The molecule has 0 aliphatic carbocycles. The van der Waals surface area contributed by atoms with Crippen LogP contribution in [0.2, 0.25) is 0 Å². The molecule has 7 N–H and O–H groups in total. The third-order valence-electron chi connectivity index (χ3n) is 19.6. The van der Waals surface area contributed by atoms with Crippen LogP contribution in [0.25, 0.3) is 0 Å². The average Bonchev–Trinajstić information content (AvgIpc) is 1.76. The smallest absolute Gasteiger partial charge is 0.219 e. The molecule has 6 aliphatic heterocycles. The van der Waals surface area contributed by atoms with Crippen molar-refractivity contribution in [1.82, 2.24) is 85.0 Å². The molecule has 0 spiro atoms. The van der Waals surface area contributed by atoms with Crippen LogP contribution in [0.1, 0.15) is 212 Å². The first-order valence-corrected chi connectivity index (χ1v) is 50.8. The summed E-state index contributed by atoms with van der Waals surface area (Å²) in [5.41, 5.74) is 2.73. The van der Waals surface area contributed by atoms with Gasteiger partial charge in [-0.15, -0.1) is 0 Å². The lowest BCUT2D eigenvalue weighted by molar-refractivity contribution is -0.129. The lowest BCUT2D eigenvalue weighted by Gasteiger charge is -2.29. The number of nitriles is 1. The number of nitrogens with zero attached hydrogens (tertiary/aromatic N) is 14. The summed E-state index contributed by atoms with van der Waals surface area (Å²) in [6, 6.07) is 24.3. The highest BCUT2D eigenvalue weighted by molar-refractivity contribution is 5.75. The number of rotatable bonds is 27. The monoisotopic (exact) mass is 1930 g/mol. The van der Waals surface area contributed by atoms with E-state index in [1.165, 1.54) is 127 Å². The van der Waals surface area contributed by atoms with Crippen molar-refractivity contribution in [3.05, 3.63) is 71.8 Å². The van der Waals surface area contributed by atoms with Gasteiger partial charge in [0.25, 0.3) is 0 Å². The summed E-state index contributed by atoms with van der Waals surface area (Å²) in [5, 5.41) is 44.5. The minimum absolute atomic E-state index is 0.0926. The maximum Gasteiger partial charge on any atom is 0.219 e. The quantitative estimate of drug-likeness (QED) is 0.0438. The third kappa shape index (κ3) is 160. The predicted molar refractivity (Wildman–Crippen MR) is 586 cm³/mol. The van der Waals surface area contributed by atoms with E-state index in [0.29, 0.717) is 31.4 Å². The fraction of sp³-hybridized carbons (Fsp3) is 0.840. The van der Waals surface area contributed by atoms with E-state index >= 15 is 0 Å². The molecular weight excluding hydrogens is 1700 g/mol. The zero-order chi connectivity index (χ0) is 106. The van der Waals surface area contributed by atoms with E-state index in [0.717, 1.165) is 183 Å². The Labute approximate surface area is 837 Å². The molecule has 810 valence electrons. The number of Topliss-reactive ketones (excluding diaryl/α,β-unsaturated/α-hetero) is 2. The van der Waals surface area contributed by atoms with Gasteiger partial charge in [-0.25, -0.2) is 0 Å². The van der Waals surface area contributed by atoms with Crippen molar-refractivity contribution in [1.29, 1.82) is 5.26 Å². The highest BCUT2D eigenvalue weighted by Gasteiger charge is 2.24. The molecule has 3 unspecified atom stereocenters. The maximum atomic E-state index is 10.9. The second kappa shape index (κ2) is 127. The first-order valence-electron chi connectivity index (χ1n) is 50.8. The summed E-state index contributed by atoms with van der Waals surface area (Å²) in [6.07, 6.45) is 16.6. The minimum Gasteiger partial charge on any atom is -0.396 e. The molecular formula is C106H230N18O11. The number of hydrogen-bond acceptors (Lipinski definition) is 27. The number of carbonyl (C=O) groups excluding carboxylic acids is 4. The van der Waals surface area contributed by atoms with Crippen LogP contribution in [0.4, 0.5) is 0 Å². The number of benzene rings is 2. The maximum absolute atomic E-state index is 10.9. The van der Waals surface area contributed by atoms with Gasteiger partial charge in [-0.2, -0.15) is 5.26 Å². The Morgan fingerprint density at radius 2 is 0.911 bits per heavy atom. The number of morpholine rings is 3. The van der Waals surface area contributed by atoms with Crippen LogP contribution in [0.3, 0.4) is 0 Å². The summed E-state index contributed by atoms with van der Waals surface area (Å²) in [6.45, 7) is 67.2. The van der Waals surface area contributed by atoms with Gasteiger partial charge < -0.3 is 119 Å². The van der Waals surface area contributed by atoms with E-state index in [4.69, 9.17) is 39.5 Å². The van der Waals surface area contributed by atoms with Gasteiger partial charge in [-0.3, -0.25) is 19.4 Å². The van der Waals surface area contributed by atoms with E-state index in [2.05, 4.69) is 240 Å². The lowest BCUT2D eigenvalue weighted by atomic mass is 10.1. The fourth-order valence-corrected chi connectivity index (χ4v) is 10.0. The number of aliphatic hydroxyl groups is 3. The van der Waals surface area contributed by atoms with Gasteiger partial charge in [0.2, 0.25) is 11.8 Å². The molecule has 6 saturated heterocycles. The van der Waals surface area contributed by atoms with E-state index in [1.54, 1.807) is 35.1 Å². The van der Waals surface area contributed by atoms with Gasteiger partial charge in [-0.1, -0.05) is 142 Å². The van der Waals surface area contributed by atoms with Crippen LogP contribution in [0, 0.1) is 24.2 Å². The number of amides is 2. The van der Waals surface area contributed by atoms with Gasteiger partial charge in [0.1, 0.15) is 11.6 Å². The molecule has 6 fully saturated rings. The highest BCUT2D eigenvalue weighted by atomic mass is 16.5. The number of aliphatic hydroxyl groups excluding tert-OH is 3. The molecule has 135 heavy (non-hydrogen) atoms. The Balaban J connectivity index is -0.000000119. The summed E-state index contributed by atoms with van der Waals surface area (Å²) >= 11 is 0. The number of carbonyl (C=O) groups is 4. The van der Waals surface area contributed by atoms with Crippen LogP contribution >= 0.6 is 0 Å². The van der Waals surface area contributed by atoms with Gasteiger partial charge in [-0.05, 0) is 296 Å². The molecule has 6 heterocycles. The number of ether oxygens (including phenoxy) is 4. The summed E-state index contributed by atoms with van der Waals surface area (Å²) in [7, 11) is 41.7. The molecule has 3 atom stereocenters. The largest absolute Gasteiger partial charge is 0.396 e. The minimum atomic E-state index is 0.0926. The Morgan fingerprint density at radius 3 is 1.09 bits per heavy atom. The number of unbranched alkanes of at least 4 members (excludes halogenated alkanes) is 1. The number of likely N-dealkylation sites (N-methyl/N-ethyl adjacent to an activating group) is 10. The Hall–Kier alpha value is -4.67. The first kappa shape index (κ1) is 156. The van der Waals surface area contributed by atoms with Crippen LogP contribution in [0.5, 0.6) is 0 Å². The second-order valence-electron chi connectivity index (χ2n) is 35.9. The van der Waals surface area contributed by atoms with Crippen molar-refractivity contribution >= 4 is 23.4 Å². The number of aryl methyl sites for hydroxylation is 2. The highest BCUT2D eigenvalue weighted by Crippen LogP contribution is 2.14. The van der Waals surface area contributed by atoms with Crippen molar-refractivity contribution in [2.24, 2.45) is 5.92 Å². The number of piperidine rings is 1. The standard InChI is InChI=1S/C8H16N2O.C8H10.C7H16N2O.C7H15NO.C7H15N.C7H8.C6H16N2.C6H13N.C5H14N2.C5H11NO.C5H13N.C4H11NO.C4H9NO.C4H11NO.C4H11N.C4H7N.2C4H10O.C4H8O.C3H6O/c1-7(11)10(3)8-4-5-9(2)6-8;1-2-8-6-4-3-5-7-8;1-8-2-3-9-4-6-10-7-5-9;1-2-3-8-4-6-9-7-5-8;1-7-5-3-4-6-8(7)2;1-7-5-3-2-4-6-7;1-7(2)5-6-8(3)4;1-2-7-5-3-4-6-7;1-6-4-5-7(2)3;1-6-2-4-7-5-3-6;1-4-5-6(2)3;1-5(2)3-4-6;1-4(6)5(2)3;1-4(3-6)5-2;1-3-4-5-2;1-2-3-4-5;1-4(2)3-5;1-3-4-5-2;1-3-4(2)5;1-3(2)4/h8H,4-6H2,1-3H3;3-7H,2H2,1H3;8H,2-7H2,1H3;2-7H2,1H3;7H,3-6H2,1-2H3;2-6H,1H3;5-6H2,1-4H3;2-6H2,1H3;6H,4-5H2,1-3H3;2-5H2,1H3;4-5H2,1-3H3;6H,3-4H2,1-2H3;1-3H3;4-6H,3H2,1-2H3;5H,3-4H2,1-2H3;2-3H2,1H3;4-5H,3H2,1-2H3;3-4H2,1-2H3;3H2,1-2H3;1-2H3. The molecule has 29 nitrogen and oxygen atoms in total. The third-order valence-corrected chi connectivity index (χ3v) is 19.6. The molecule has 6 aliphatic rings. The van der Waals surface area contributed by atoms with Crippen molar-refractivity contribution in [2.75, 3.05) is 358 Å². The van der Waals surface area contributed by atoms with Gasteiger partial charge in [0.05, 0.1) is 58.9 Å². The van der Waals surface area contributed by atoms with Gasteiger partial charge >= 0.3 is 0 Å². The van der Waals surface area contributed by atoms with Crippen LogP contribution < -0.4 is 21.3 Å². The molecule has 2 aromatic rings. The zero-order valence-corrected chi connectivity index (χ0v) is 96.0. The van der Waals surface area contributed by atoms with Gasteiger partial charge in [0, 0.05) is 178 Å². The Bertz CT molecular complexity index is 2520. The molecule has 2 aromatic carbocycles. The summed E-state index contributed by atoms with van der Waals surface area (Å²) in [4.78, 5) is 68.6. The van der Waals surface area contributed by atoms with E-state index in [-0.39, 0.29) is 42.6 Å². The number of ketones is 2. The molecule has 29 heteroatoms. The SMILES string of the molecule is CC(=O)N(C)C.CC(=O)N(C)C1CCN(C)C1.CC(C)=O.CC(C)CO.CC1CCCCN1C.CCC(C)=O.CCCC#N.CCCN(C)C.CCCN1CCOCC1.CCCNC.CCCOC.CCN1CCCC1.CCc1ccccc1.CN(C)CCN(C)C.CN(C)CCO.CN1CCOCC1.CNC(C)CO.CNCCN(C)C.CNCCN1CCOCC1.Cc1ccccc1. The van der Waals surface area contributed by atoms with Crippen LogP contribution in [-0.2, 0) is 44.5 Å². The number of hydrogen-bond donors (Lipinski definition) is 7. The van der Waals surface area contributed by atoms with Gasteiger partial charge in [0.15, 0.2) is 0 Å². The fourth-order valence-electron chi connectivity index (χ4n) is 10.0. The molecule has 0 radical (unpaired) electrons. The molecule has 2 amide bonds. The first-order chi connectivity index (χ1) is 63.8. The molecule has 0 aromatic heterocycles. The Kier molecular flexibility index (Phi) is 147. The van der Waals surface area contributed by atoms with Crippen LogP contribution in [0.15, 0.2) is 60.7 Å².